The van der Waals surface area contributed by atoms with Gasteiger partial charge in [-0.1, -0.05) is 35.9 Å². The van der Waals surface area contributed by atoms with E-state index in [2.05, 4.69) is 10.1 Å². The lowest BCUT2D eigenvalue weighted by molar-refractivity contribution is -0.168. The van der Waals surface area contributed by atoms with Gasteiger partial charge in [-0.2, -0.15) is 8.78 Å². The van der Waals surface area contributed by atoms with Crippen LogP contribution in [-0.4, -0.2) is 24.9 Å². The van der Waals surface area contributed by atoms with Crippen LogP contribution in [0.5, 0.6) is 0 Å². The summed E-state index contributed by atoms with van der Waals surface area (Å²) in [7, 11) is 0. The number of ether oxygens (including phenoxy) is 1. The second kappa shape index (κ2) is 8.99. The molecule has 2 rings (SSSR count). The summed E-state index contributed by atoms with van der Waals surface area (Å²) in [5.74, 6) is -4.40. The molecule has 0 radical (unpaired) electrons. The summed E-state index contributed by atoms with van der Waals surface area (Å²) in [5.41, 5.74) is 3.96. The van der Waals surface area contributed by atoms with E-state index >= 15 is 0 Å². The molecule has 0 heterocycles. The topological polar surface area (TPSA) is 38.3 Å². The fraction of sp³-hybridized carbons (Fsp3) is 0.350. The first-order chi connectivity index (χ1) is 12.7. The van der Waals surface area contributed by atoms with Crippen LogP contribution in [0.2, 0.25) is 0 Å². The predicted octanol–water partition coefficient (Wildman–Crippen LogP) is 4.90. The number of benzene rings is 2. The molecule has 146 valence electrons. The highest BCUT2D eigenvalue weighted by Gasteiger charge is 2.40. The molecule has 0 saturated carbocycles. The molecule has 7 heteroatoms. The van der Waals surface area contributed by atoms with Gasteiger partial charge in [-0.25, -0.2) is 8.78 Å². The van der Waals surface area contributed by atoms with Gasteiger partial charge < -0.3 is 10.1 Å². The standard InChI is InChI=1S/C20H21F4NO2/c1-13-6-7-14(2)16(8-13)10-18(26)25-17-5-3-4-15(9-17)11-27-12-20(23,24)19(21)22/h3-9,19H,10-12H2,1-2H3,(H,25,26). The van der Waals surface area contributed by atoms with Gasteiger partial charge in [0.1, 0.15) is 6.61 Å². The van der Waals surface area contributed by atoms with Gasteiger partial charge in [0.25, 0.3) is 0 Å². The van der Waals surface area contributed by atoms with Crippen LogP contribution in [-0.2, 0) is 22.6 Å². The van der Waals surface area contributed by atoms with E-state index in [0.29, 0.717) is 11.3 Å². The van der Waals surface area contributed by atoms with E-state index in [1.54, 1.807) is 24.3 Å². The number of hydrogen-bond donors (Lipinski definition) is 1. The maximum atomic E-state index is 12.8. The number of rotatable bonds is 8. The summed E-state index contributed by atoms with van der Waals surface area (Å²) < 4.78 is 54.6. The van der Waals surface area contributed by atoms with Crippen LogP contribution in [0.1, 0.15) is 22.3 Å². The number of anilines is 1. The minimum atomic E-state index is -4.18. The van der Waals surface area contributed by atoms with Crippen molar-refractivity contribution < 1.29 is 27.1 Å². The Morgan fingerprint density at radius 3 is 2.59 bits per heavy atom. The molecule has 0 saturated heterocycles. The Kier molecular flexibility index (Phi) is 6.96. The van der Waals surface area contributed by atoms with Gasteiger partial charge in [-0.05, 0) is 42.7 Å². The van der Waals surface area contributed by atoms with Crippen LogP contribution in [0.4, 0.5) is 23.2 Å². The zero-order valence-electron chi connectivity index (χ0n) is 15.1. The lowest BCUT2D eigenvalue weighted by Crippen LogP contribution is -2.32. The number of amides is 1. The first kappa shape index (κ1) is 20.9. The molecular weight excluding hydrogens is 362 g/mol. The van der Waals surface area contributed by atoms with Crippen molar-refractivity contribution in [1.82, 2.24) is 0 Å². The van der Waals surface area contributed by atoms with Gasteiger partial charge in [0.05, 0.1) is 13.0 Å². The number of halogens is 4. The van der Waals surface area contributed by atoms with Crippen molar-refractivity contribution >= 4 is 11.6 Å². The van der Waals surface area contributed by atoms with Crippen LogP contribution in [0.3, 0.4) is 0 Å². The number of alkyl halides is 4. The Balaban J connectivity index is 1.93. The molecule has 0 aromatic heterocycles. The van der Waals surface area contributed by atoms with Crippen LogP contribution in [0.15, 0.2) is 42.5 Å². The summed E-state index contributed by atoms with van der Waals surface area (Å²) in [6.07, 6.45) is -3.57. The Morgan fingerprint density at radius 2 is 1.89 bits per heavy atom. The van der Waals surface area contributed by atoms with E-state index in [0.717, 1.165) is 16.7 Å². The van der Waals surface area contributed by atoms with Gasteiger partial charge in [0, 0.05) is 5.69 Å². The molecule has 0 aliphatic heterocycles. The van der Waals surface area contributed by atoms with E-state index in [9.17, 15) is 22.4 Å². The van der Waals surface area contributed by atoms with Crippen LogP contribution < -0.4 is 5.32 Å². The molecule has 0 spiro atoms. The van der Waals surface area contributed by atoms with Crippen molar-refractivity contribution in [2.45, 2.75) is 39.2 Å². The monoisotopic (exact) mass is 383 g/mol. The number of hydrogen-bond acceptors (Lipinski definition) is 2. The highest BCUT2D eigenvalue weighted by atomic mass is 19.3. The molecular formula is C20H21F4NO2. The van der Waals surface area contributed by atoms with E-state index < -0.39 is 19.0 Å². The second-order valence-corrected chi connectivity index (χ2v) is 6.41. The Hall–Kier alpha value is -2.41. The third-order valence-electron chi connectivity index (χ3n) is 3.95. The number of carbonyl (C=O) groups is 1. The molecule has 1 N–H and O–H groups in total. The Bertz CT molecular complexity index is 793. The summed E-state index contributed by atoms with van der Waals surface area (Å²) in [6.45, 7) is 2.24. The number of carbonyl (C=O) groups excluding carboxylic acids is 1. The van der Waals surface area contributed by atoms with E-state index in [4.69, 9.17) is 0 Å². The van der Waals surface area contributed by atoms with Gasteiger partial charge in [0.2, 0.25) is 5.91 Å². The molecule has 2 aromatic rings. The molecule has 0 fully saturated rings. The highest BCUT2D eigenvalue weighted by Crippen LogP contribution is 2.23. The molecule has 2 aromatic carbocycles. The quantitative estimate of drug-likeness (QED) is 0.659. The Morgan fingerprint density at radius 1 is 1.15 bits per heavy atom. The fourth-order valence-corrected chi connectivity index (χ4v) is 2.48. The SMILES string of the molecule is Cc1ccc(C)c(CC(=O)Nc2cccc(COCC(F)(F)C(F)F)c2)c1. The first-order valence-electron chi connectivity index (χ1n) is 8.36. The summed E-state index contributed by atoms with van der Waals surface area (Å²) >= 11 is 0. The number of aryl methyl sites for hydroxylation is 2. The van der Waals surface area contributed by atoms with Crippen LogP contribution >= 0.6 is 0 Å². The van der Waals surface area contributed by atoms with E-state index in [1.807, 2.05) is 32.0 Å². The maximum Gasteiger partial charge on any atom is 0.330 e. The van der Waals surface area contributed by atoms with E-state index in [1.165, 1.54) is 0 Å². The lowest BCUT2D eigenvalue weighted by atomic mass is 10.0. The second-order valence-electron chi connectivity index (χ2n) is 6.41. The smallest absolute Gasteiger partial charge is 0.330 e. The molecule has 0 atom stereocenters. The van der Waals surface area contributed by atoms with Gasteiger partial charge in [-0.15, -0.1) is 0 Å². The largest absolute Gasteiger partial charge is 0.370 e. The van der Waals surface area contributed by atoms with E-state index in [-0.39, 0.29) is 18.9 Å². The molecule has 0 bridgehead atoms. The zero-order valence-corrected chi connectivity index (χ0v) is 15.1. The van der Waals surface area contributed by atoms with Crippen LogP contribution in [0, 0.1) is 13.8 Å². The predicted molar refractivity (Wildman–Crippen MR) is 95.3 cm³/mol. The summed E-state index contributed by atoms with van der Waals surface area (Å²) in [4.78, 5) is 12.3. The summed E-state index contributed by atoms with van der Waals surface area (Å²) in [6, 6.07) is 12.3. The summed E-state index contributed by atoms with van der Waals surface area (Å²) in [5, 5.41) is 2.74. The highest BCUT2D eigenvalue weighted by molar-refractivity contribution is 5.92. The minimum Gasteiger partial charge on any atom is -0.370 e. The van der Waals surface area contributed by atoms with Crippen molar-refractivity contribution in [3.8, 4) is 0 Å². The average molecular weight is 383 g/mol. The molecule has 27 heavy (non-hydrogen) atoms. The molecule has 0 aliphatic carbocycles. The zero-order chi connectivity index (χ0) is 20.0. The normalized spacial score (nSPS) is 11.7. The van der Waals surface area contributed by atoms with Crippen molar-refractivity contribution in [3.05, 3.63) is 64.7 Å². The van der Waals surface area contributed by atoms with Crippen molar-refractivity contribution in [1.29, 1.82) is 0 Å². The van der Waals surface area contributed by atoms with Crippen molar-refractivity contribution in [2.75, 3.05) is 11.9 Å². The van der Waals surface area contributed by atoms with Crippen LogP contribution in [0.25, 0.3) is 0 Å². The minimum absolute atomic E-state index is 0.203. The molecule has 1 amide bonds. The fourth-order valence-electron chi connectivity index (χ4n) is 2.48. The maximum absolute atomic E-state index is 12.8. The molecule has 0 aliphatic rings. The van der Waals surface area contributed by atoms with Gasteiger partial charge in [-0.3, -0.25) is 4.79 Å². The van der Waals surface area contributed by atoms with Crippen molar-refractivity contribution in [2.24, 2.45) is 0 Å². The van der Waals surface area contributed by atoms with Crippen molar-refractivity contribution in [3.63, 3.8) is 0 Å². The van der Waals surface area contributed by atoms with Gasteiger partial charge in [0.15, 0.2) is 0 Å². The number of nitrogens with one attached hydrogen (secondary N) is 1. The molecule has 3 nitrogen and oxygen atoms in total. The van der Waals surface area contributed by atoms with Gasteiger partial charge >= 0.3 is 12.3 Å². The third-order valence-corrected chi connectivity index (χ3v) is 3.95. The third kappa shape index (κ3) is 6.36. The first-order valence-corrected chi connectivity index (χ1v) is 8.36. The molecule has 0 unspecified atom stereocenters. The lowest BCUT2D eigenvalue weighted by Gasteiger charge is -2.15. The Labute approximate surface area is 155 Å². The average Bonchev–Trinajstić information content (AvgIpc) is 2.58.